The summed E-state index contributed by atoms with van der Waals surface area (Å²) in [5.74, 6) is -0.721. The lowest BCUT2D eigenvalue weighted by molar-refractivity contribution is -0.136. The zero-order valence-electron chi connectivity index (χ0n) is 11.4. The highest BCUT2D eigenvalue weighted by atomic mass is 16.2. The molecule has 1 atom stereocenters. The van der Waals surface area contributed by atoms with Crippen molar-refractivity contribution in [2.75, 3.05) is 0 Å². The number of benzene rings is 1. The molecular weight excluding hydrogens is 270 g/mol. The van der Waals surface area contributed by atoms with Crippen LogP contribution in [0.15, 0.2) is 12.1 Å². The molecule has 0 unspecified atom stereocenters. The second kappa shape index (κ2) is 4.39. The first kappa shape index (κ1) is 12.5. The molecule has 4 rings (SSSR count). The number of carbonyl (C=O) groups excluding carboxylic acids is 3. The van der Waals surface area contributed by atoms with Crippen LogP contribution in [-0.4, -0.2) is 28.7 Å². The summed E-state index contributed by atoms with van der Waals surface area (Å²) >= 11 is 0. The van der Waals surface area contributed by atoms with Gasteiger partial charge in [-0.05, 0) is 29.2 Å². The molecule has 0 saturated carbocycles. The maximum Gasteiger partial charge on any atom is 0.255 e. The molecule has 21 heavy (non-hydrogen) atoms. The number of amides is 3. The first-order valence-electron chi connectivity index (χ1n) is 7.13. The van der Waals surface area contributed by atoms with Gasteiger partial charge in [0.25, 0.3) is 5.91 Å². The van der Waals surface area contributed by atoms with Gasteiger partial charge in [-0.1, -0.05) is 6.07 Å². The molecule has 0 radical (unpaired) electrons. The predicted molar refractivity (Wildman–Crippen MR) is 73.0 cm³/mol. The standard InChI is InChI=1S/C15H15N3O3/c19-13-2-1-12(14(20)17-13)18-7-10-3-8-5-16-6-9(8)4-11(10)15(18)21/h3-4,12,16H,1-2,5-7H2,(H,17,19,20)/t12-/m0/s1. The van der Waals surface area contributed by atoms with E-state index >= 15 is 0 Å². The average molecular weight is 285 g/mol. The molecule has 108 valence electrons. The van der Waals surface area contributed by atoms with Crippen molar-refractivity contribution in [2.24, 2.45) is 0 Å². The maximum absolute atomic E-state index is 12.6. The largest absolute Gasteiger partial charge is 0.322 e. The zero-order valence-corrected chi connectivity index (χ0v) is 11.4. The molecule has 1 saturated heterocycles. The van der Waals surface area contributed by atoms with E-state index in [1.807, 2.05) is 6.07 Å². The fraction of sp³-hybridized carbons (Fsp3) is 0.400. The van der Waals surface area contributed by atoms with Gasteiger partial charge in [0.1, 0.15) is 6.04 Å². The summed E-state index contributed by atoms with van der Waals surface area (Å²) in [6.07, 6.45) is 0.697. The van der Waals surface area contributed by atoms with Gasteiger partial charge in [-0.3, -0.25) is 19.7 Å². The van der Waals surface area contributed by atoms with Crippen molar-refractivity contribution in [3.63, 3.8) is 0 Å². The van der Waals surface area contributed by atoms with Crippen molar-refractivity contribution >= 4 is 17.7 Å². The first-order chi connectivity index (χ1) is 10.1. The molecule has 3 aliphatic rings. The molecule has 3 aliphatic heterocycles. The van der Waals surface area contributed by atoms with Crippen molar-refractivity contribution < 1.29 is 14.4 Å². The first-order valence-corrected chi connectivity index (χ1v) is 7.13. The van der Waals surface area contributed by atoms with E-state index in [0.29, 0.717) is 18.5 Å². The van der Waals surface area contributed by atoms with Crippen LogP contribution in [0, 0.1) is 0 Å². The third-order valence-corrected chi connectivity index (χ3v) is 4.47. The zero-order chi connectivity index (χ0) is 14.6. The Balaban J connectivity index is 1.64. The van der Waals surface area contributed by atoms with E-state index in [4.69, 9.17) is 0 Å². The van der Waals surface area contributed by atoms with Crippen LogP contribution in [0.4, 0.5) is 0 Å². The van der Waals surface area contributed by atoms with Gasteiger partial charge in [-0.2, -0.15) is 0 Å². The topological polar surface area (TPSA) is 78.5 Å². The number of rotatable bonds is 1. The molecule has 0 aliphatic carbocycles. The van der Waals surface area contributed by atoms with Crippen LogP contribution >= 0.6 is 0 Å². The van der Waals surface area contributed by atoms with Gasteiger partial charge < -0.3 is 10.2 Å². The summed E-state index contributed by atoms with van der Waals surface area (Å²) in [6, 6.07) is 3.48. The van der Waals surface area contributed by atoms with E-state index in [1.54, 1.807) is 4.90 Å². The van der Waals surface area contributed by atoms with E-state index in [-0.39, 0.29) is 24.1 Å². The van der Waals surface area contributed by atoms with Crippen LogP contribution in [-0.2, 0) is 29.2 Å². The third-order valence-electron chi connectivity index (χ3n) is 4.47. The molecule has 6 heteroatoms. The highest BCUT2D eigenvalue weighted by Gasteiger charge is 2.39. The third kappa shape index (κ3) is 1.86. The van der Waals surface area contributed by atoms with Crippen LogP contribution in [0.5, 0.6) is 0 Å². The minimum Gasteiger partial charge on any atom is -0.322 e. The van der Waals surface area contributed by atoms with Crippen LogP contribution in [0.3, 0.4) is 0 Å². The second-order valence-electron chi connectivity index (χ2n) is 5.78. The Morgan fingerprint density at radius 2 is 1.81 bits per heavy atom. The summed E-state index contributed by atoms with van der Waals surface area (Å²) in [4.78, 5) is 37.3. The van der Waals surface area contributed by atoms with Gasteiger partial charge >= 0.3 is 0 Å². The van der Waals surface area contributed by atoms with Crippen molar-refractivity contribution in [1.82, 2.24) is 15.5 Å². The van der Waals surface area contributed by atoms with Crippen LogP contribution in [0.25, 0.3) is 0 Å². The number of imide groups is 1. The number of fused-ring (bicyclic) bond motifs is 2. The minimum absolute atomic E-state index is 0.103. The lowest BCUT2D eigenvalue weighted by Gasteiger charge is -2.29. The Bertz CT molecular complexity index is 683. The summed E-state index contributed by atoms with van der Waals surface area (Å²) in [5, 5.41) is 5.58. The number of carbonyl (C=O) groups is 3. The average Bonchev–Trinajstić information content (AvgIpc) is 3.02. The summed E-state index contributed by atoms with van der Waals surface area (Å²) < 4.78 is 0. The van der Waals surface area contributed by atoms with Crippen LogP contribution < -0.4 is 10.6 Å². The predicted octanol–water partition coefficient (Wildman–Crippen LogP) is 0.0508. The van der Waals surface area contributed by atoms with E-state index in [9.17, 15) is 14.4 Å². The van der Waals surface area contributed by atoms with Crippen molar-refractivity contribution in [3.05, 3.63) is 34.4 Å². The maximum atomic E-state index is 12.6. The highest BCUT2D eigenvalue weighted by molar-refractivity contribution is 6.05. The lowest BCUT2D eigenvalue weighted by atomic mass is 10.0. The number of nitrogens with one attached hydrogen (secondary N) is 2. The molecule has 1 aromatic carbocycles. The molecule has 3 amide bonds. The Labute approximate surface area is 121 Å². The molecule has 1 fully saturated rings. The SMILES string of the molecule is O=C1CC[C@H](N2Cc3cc4c(cc3C2=O)CNC4)C(=O)N1. The van der Waals surface area contributed by atoms with Gasteiger partial charge in [0.2, 0.25) is 11.8 Å². The van der Waals surface area contributed by atoms with Gasteiger partial charge in [0, 0.05) is 31.6 Å². The smallest absolute Gasteiger partial charge is 0.255 e. The van der Waals surface area contributed by atoms with E-state index in [2.05, 4.69) is 16.7 Å². The van der Waals surface area contributed by atoms with Crippen LogP contribution in [0.1, 0.15) is 39.9 Å². The van der Waals surface area contributed by atoms with Crippen LogP contribution in [0.2, 0.25) is 0 Å². The summed E-state index contributed by atoms with van der Waals surface area (Å²) in [6.45, 7) is 2.07. The molecule has 0 aromatic heterocycles. The fourth-order valence-electron chi connectivity index (χ4n) is 3.37. The van der Waals surface area contributed by atoms with Gasteiger partial charge in [0.05, 0.1) is 0 Å². The molecule has 2 N–H and O–H groups in total. The number of hydrogen-bond acceptors (Lipinski definition) is 4. The molecule has 0 spiro atoms. The Morgan fingerprint density at radius 1 is 1.05 bits per heavy atom. The minimum atomic E-state index is -0.532. The number of nitrogens with zero attached hydrogens (tertiary/aromatic N) is 1. The normalized spacial score (nSPS) is 24.1. The fourth-order valence-corrected chi connectivity index (χ4v) is 3.37. The van der Waals surface area contributed by atoms with E-state index in [0.717, 1.165) is 24.2 Å². The van der Waals surface area contributed by atoms with Crippen molar-refractivity contribution in [2.45, 2.75) is 38.5 Å². The van der Waals surface area contributed by atoms with Gasteiger partial charge in [0.15, 0.2) is 0 Å². The van der Waals surface area contributed by atoms with Gasteiger partial charge in [-0.15, -0.1) is 0 Å². The summed E-state index contributed by atoms with van der Waals surface area (Å²) in [5.41, 5.74) is 4.06. The Hall–Kier alpha value is -2.21. The van der Waals surface area contributed by atoms with Crippen molar-refractivity contribution in [3.8, 4) is 0 Å². The second-order valence-corrected chi connectivity index (χ2v) is 5.78. The summed E-state index contributed by atoms with van der Waals surface area (Å²) in [7, 11) is 0. The monoisotopic (exact) mass is 285 g/mol. The quantitative estimate of drug-likeness (QED) is 0.715. The highest BCUT2D eigenvalue weighted by Crippen LogP contribution is 2.31. The van der Waals surface area contributed by atoms with Crippen molar-refractivity contribution in [1.29, 1.82) is 0 Å². The van der Waals surface area contributed by atoms with E-state index < -0.39 is 6.04 Å². The van der Waals surface area contributed by atoms with E-state index in [1.165, 1.54) is 5.56 Å². The Morgan fingerprint density at radius 3 is 2.57 bits per heavy atom. The molecule has 1 aromatic rings. The number of piperidine rings is 1. The molecule has 6 nitrogen and oxygen atoms in total. The Kier molecular flexibility index (Phi) is 2.62. The van der Waals surface area contributed by atoms with Gasteiger partial charge in [-0.25, -0.2) is 0 Å². The molecular formula is C15H15N3O3. The number of hydrogen-bond donors (Lipinski definition) is 2. The molecule has 0 bridgehead atoms. The lowest BCUT2D eigenvalue weighted by Crippen LogP contribution is -2.52. The molecule has 3 heterocycles.